The highest BCUT2D eigenvalue weighted by molar-refractivity contribution is 6.08. The van der Waals surface area contributed by atoms with E-state index in [0.717, 1.165) is 29.5 Å². The average Bonchev–Trinajstić information content (AvgIpc) is 2.88. The van der Waals surface area contributed by atoms with Crippen molar-refractivity contribution in [2.24, 2.45) is 0 Å². The maximum Gasteiger partial charge on any atom is 0.325 e. The summed E-state index contributed by atoms with van der Waals surface area (Å²) in [5.74, 6) is -0.137. The van der Waals surface area contributed by atoms with Crippen molar-refractivity contribution >= 4 is 18.0 Å². The predicted molar refractivity (Wildman–Crippen MR) is 96.8 cm³/mol. The van der Waals surface area contributed by atoms with Gasteiger partial charge in [-0.1, -0.05) is 66.7 Å². The van der Waals surface area contributed by atoms with Crippen molar-refractivity contribution in [3.8, 4) is 0 Å². The summed E-state index contributed by atoms with van der Waals surface area (Å²) in [6.07, 6.45) is 6.31. The summed E-state index contributed by atoms with van der Waals surface area (Å²) in [5.41, 5.74) is 2.28. The van der Waals surface area contributed by atoms with Crippen molar-refractivity contribution in [2.75, 3.05) is 6.54 Å². The Balaban J connectivity index is 1.58. The lowest BCUT2D eigenvalue weighted by molar-refractivity contribution is -0.131. The van der Waals surface area contributed by atoms with Crippen LogP contribution in [0.2, 0.25) is 0 Å². The van der Waals surface area contributed by atoms with Gasteiger partial charge >= 0.3 is 6.03 Å². The van der Waals surface area contributed by atoms with Crippen LogP contribution in [0.5, 0.6) is 0 Å². The van der Waals surface area contributed by atoms with E-state index in [0.29, 0.717) is 6.42 Å². The van der Waals surface area contributed by atoms with E-state index in [9.17, 15) is 9.59 Å². The Morgan fingerprint density at radius 3 is 2.64 bits per heavy atom. The normalized spacial score (nSPS) is 22.5. The highest BCUT2D eigenvalue weighted by Gasteiger charge is 2.53. The maximum atomic E-state index is 13.1. The molecule has 1 aliphatic carbocycles. The molecule has 4 nitrogen and oxygen atoms in total. The molecule has 0 unspecified atom stereocenters. The Bertz CT molecular complexity index is 844. The van der Waals surface area contributed by atoms with Gasteiger partial charge in [0, 0.05) is 6.54 Å². The van der Waals surface area contributed by atoms with E-state index in [4.69, 9.17) is 0 Å². The number of benzene rings is 2. The molecular formula is C21H20N2O2. The first kappa shape index (κ1) is 15.6. The SMILES string of the molecule is O=C1N[C@]2(CCCc3ccccc32)C(=O)N1C/C=C/c1ccccc1. The molecule has 2 aromatic rings. The molecule has 4 rings (SSSR count). The molecule has 1 spiro atoms. The van der Waals surface area contributed by atoms with Crippen LogP contribution in [-0.4, -0.2) is 23.4 Å². The van der Waals surface area contributed by atoms with Gasteiger partial charge in [0.2, 0.25) is 0 Å². The van der Waals surface area contributed by atoms with Crippen molar-refractivity contribution < 1.29 is 9.59 Å². The molecule has 3 amide bonds. The summed E-state index contributed by atoms with van der Waals surface area (Å²) < 4.78 is 0. The van der Waals surface area contributed by atoms with E-state index < -0.39 is 5.54 Å². The van der Waals surface area contributed by atoms with Gasteiger partial charge in [0.25, 0.3) is 5.91 Å². The van der Waals surface area contributed by atoms with Gasteiger partial charge < -0.3 is 5.32 Å². The molecule has 0 aromatic heterocycles. The minimum absolute atomic E-state index is 0.137. The molecule has 1 aliphatic heterocycles. The van der Waals surface area contributed by atoms with Crippen LogP contribution in [0, 0.1) is 0 Å². The zero-order valence-corrected chi connectivity index (χ0v) is 13.9. The van der Waals surface area contributed by atoms with E-state index in [-0.39, 0.29) is 18.5 Å². The first-order valence-corrected chi connectivity index (χ1v) is 8.65. The minimum Gasteiger partial charge on any atom is -0.319 e. The summed E-state index contributed by atoms with van der Waals surface area (Å²) in [5, 5.41) is 2.98. The van der Waals surface area contributed by atoms with E-state index in [1.165, 1.54) is 4.90 Å². The minimum atomic E-state index is -0.882. The number of rotatable bonds is 3. The van der Waals surface area contributed by atoms with Crippen LogP contribution in [0.4, 0.5) is 4.79 Å². The van der Waals surface area contributed by atoms with Crippen LogP contribution in [0.25, 0.3) is 6.08 Å². The number of nitrogens with one attached hydrogen (secondary N) is 1. The third-order valence-corrected chi connectivity index (χ3v) is 5.05. The molecule has 1 heterocycles. The Hall–Kier alpha value is -2.88. The second kappa shape index (κ2) is 6.20. The highest BCUT2D eigenvalue weighted by Crippen LogP contribution is 2.39. The van der Waals surface area contributed by atoms with Crippen LogP contribution in [0.1, 0.15) is 29.5 Å². The average molecular weight is 332 g/mol. The summed E-state index contributed by atoms with van der Waals surface area (Å²) in [6.45, 7) is 0.281. The van der Waals surface area contributed by atoms with Gasteiger partial charge in [0.05, 0.1) is 0 Å². The molecule has 1 N–H and O–H groups in total. The zero-order chi connectivity index (χ0) is 17.3. The van der Waals surface area contributed by atoms with Crippen LogP contribution in [0.3, 0.4) is 0 Å². The number of hydrogen-bond acceptors (Lipinski definition) is 2. The quantitative estimate of drug-likeness (QED) is 0.875. The first-order valence-electron chi connectivity index (χ1n) is 8.65. The van der Waals surface area contributed by atoms with Gasteiger partial charge in [-0.05, 0) is 36.0 Å². The summed E-state index contributed by atoms with van der Waals surface area (Å²) in [7, 11) is 0. The highest BCUT2D eigenvalue weighted by atomic mass is 16.2. The fourth-order valence-electron chi connectivity index (χ4n) is 3.84. The molecule has 0 radical (unpaired) electrons. The number of hydrogen-bond donors (Lipinski definition) is 1. The molecule has 126 valence electrons. The molecule has 25 heavy (non-hydrogen) atoms. The largest absolute Gasteiger partial charge is 0.325 e. The third-order valence-electron chi connectivity index (χ3n) is 5.05. The number of urea groups is 1. The molecule has 2 aromatic carbocycles. The number of aryl methyl sites for hydroxylation is 1. The fourth-order valence-corrected chi connectivity index (χ4v) is 3.84. The van der Waals surface area contributed by atoms with Crippen molar-refractivity contribution in [1.29, 1.82) is 0 Å². The summed E-state index contributed by atoms with van der Waals surface area (Å²) >= 11 is 0. The van der Waals surface area contributed by atoms with E-state index in [1.54, 1.807) is 0 Å². The van der Waals surface area contributed by atoms with Gasteiger partial charge in [-0.3, -0.25) is 9.69 Å². The lowest BCUT2D eigenvalue weighted by Crippen LogP contribution is -2.46. The molecule has 2 aliphatic rings. The van der Waals surface area contributed by atoms with Gasteiger partial charge in [0.15, 0.2) is 0 Å². The lowest BCUT2D eigenvalue weighted by Gasteiger charge is -2.33. The van der Waals surface area contributed by atoms with Crippen molar-refractivity contribution in [1.82, 2.24) is 10.2 Å². The van der Waals surface area contributed by atoms with E-state index in [2.05, 4.69) is 5.32 Å². The van der Waals surface area contributed by atoms with Crippen molar-refractivity contribution in [3.05, 3.63) is 77.4 Å². The fraction of sp³-hybridized carbons (Fsp3) is 0.238. The number of imide groups is 1. The molecule has 4 heteroatoms. The smallest absolute Gasteiger partial charge is 0.319 e. The number of carbonyl (C=O) groups is 2. The van der Waals surface area contributed by atoms with Crippen LogP contribution >= 0.6 is 0 Å². The molecule has 1 atom stereocenters. The predicted octanol–water partition coefficient (Wildman–Crippen LogP) is 3.48. The monoisotopic (exact) mass is 332 g/mol. The topological polar surface area (TPSA) is 49.4 Å². The number of carbonyl (C=O) groups excluding carboxylic acids is 2. The molecule has 0 saturated carbocycles. The number of fused-ring (bicyclic) bond motifs is 2. The number of nitrogens with zero attached hydrogens (tertiary/aromatic N) is 1. The van der Waals surface area contributed by atoms with E-state index in [1.807, 2.05) is 66.7 Å². The Labute approximate surface area is 147 Å². The van der Waals surface area contributed by atoms with Crippen molar-refractivity contribution in [3.63, 3.8) is 0 Å². The van der Waals surface area contributed by atoms with Gasteiger partial charge in [-0.2, -0.15) is 0 Å². The van der Waals surface area contributed by atoms with Crippen molar-refractivity contribution in [2.45, 2.75) is 24.8 Å². The van der Waals surface area contributed by atoms with Gasteiger partial charge in [-0.15, -0.1) is 0 Å². The van der Waals surface area contributed by atoms with E-state index >= 15 is 0 Å². The third kappa shape index (κ3) is 2.64. The molecule has 1 saturated heterocycles. The molecule has 0 bridgehead atoms. The van der Waals surface area contributed by atoms with Crippen LogP contribution in [-0.2, 0) is 16.8 Å². The first-order chi connectivity index (χ1) is 12.2. The Morgan fingerprint density at radius 2 is 1.80 bits per heavy atom. The number of amides is 3. The summed E-state index contributed by atoms with van der Waals surface area (Å²) in [6, 6.07) is 17.5. The standard InChI is InChI=1S/C21H20N2O2/c24-19-21(14-6-12-17-11-4-5-13-18(17)21)22-20(25)23(19)15-7-10-16-8-2-1-3-9-16/h1-5,7-11,13H,6,12,14-15H2,(H,22,25)/b10-7+/t21-/m0/s1. The lowest BCUT2D eigenvalue weighted by atomic mass is 9.76. The Kier molecular flexibility index (Phi) is 3.88. The second-order valence-corrected chi connectivity index (χ2v) is 6.57. The molecular weight excluding hydrogens is 312 g/mol. The second-order valence-electron chi connectivity index (χ2n) is 6.57. The van der Waals surface area contributed by atoms with Gasteiger partial charge in [0.1, 0.15) is 5.54 Å². The summed E-state index contributed by atoms with van der Waals surface area (Å²) in [4.78, 5) is 26.9. The molecule has 1 fully saturated rings. The van der Waals surface area contributed by atoms with Gasteiger partial charge in [-0.25, -0.2) is 4.79 Å². The zero-order valence-electron chi connectivity index (χ0n) is 13.9. The Morgan fingerprint density at radius 1 is 1.04 bits per heavy atom. The van der Waals surface area contributed by atoms with Crippen LogP contribution in [0.15, 0.2) is 60.7 Å². The van der Waals surface area contributed by atoms with Crippen LogP contribution < -0.4 is 5.32 Å². The maximum absolute atomic E-state index is 13.1.